The number of carbonyl (C=O) groups excluding carboxylic acids is 1. The Morgan fingerprint density at radius 2 is 2.03 bits per heavy atom. The van der Waals surface area contributed by atoms with Crippen LogP contribution in [0, 0.1) is 0 Å². The summed E-state index contributed by atoms with van der Waals surface area (Å²) in [4.78, 5) is 20.9. The molecule has 2 aliphatic heterocycles. The van der Waals surface area contributed by atoms with Crippen LogP contribution in [0.15, 0.2) is 65.8 Å². The highest BCUT2D eigenvalue weighted by Crippen LogP contribution is 2.17. The van der Waals surface area contributed by atoms with Crippen LogP contribution in [0.4, 0.5) is 0 Å². The van der Waals surface area contributed by atoms with E-state index >= 15 is 0 Å². The molecular weight excluding hydrogens is 428 g/mol. The van der Waals surface area contributed by atoms with Crippen LogP contribution in [-0.4, -0.2) is 71.6 Å². The monoisotopic (exact) mass is 462 g/mol. The van der Waals surface area contributed by atoms with Crippen molar-refractivity contribution in [1.82, 2.24) is 20.4 Å². The lowest BCUT2D eigenvalue weighted by Gasteiger charge is -2.37. The maximum Gasteiger partial charge on any atom is 0.235 e. The molecule has 1 amide bonds. The fourth-order valence-corrected chi connectivity index (χ4v) is 4.30. The Kier molecular flexibility index (Phi) is 7.62. The average molecular weight is 463 g/mol. The van der Waals surface area contributed by atoms with Gasteiger partial charge in [0.2, 0.25) is 5.91 Å². The molecule has 2 aromatic rings. The molecule has 8 heteroatoms. The van der Waals surface area contributed by atoms with E-state index in [0.717, 1.165) is 42.9 Å². The predicted octanol–water partition coefficient (Wildman–Crippen LogP) is 1.40. The van der Waals surface area contributed by atoms with E-state index in [1.807, 2.05) is 31.5 Å². The maximum atomic E-state index is 11.6. The number of hydrogen-bond acceptors (Lipinski definition) is 7. The van der Waals surface area contributed by atoms with Crippen molar-refractivity contribution in [2.75, 3.05) is 26.7 Å². The Morgan fingerprint density at radius 3 is 2.79 bits per heavy atom. The van der Waals surface area contributed by atoms with E-state index < -0.39 is 0 Å². The lowest BCUT2D eigenvalue weighted by Crippen LogP contribution is -2.59. The molecule has 4 rings (SSSR count). The van der Waals surface area contributed by atoms with Gasteiger partial charge in [0.05, 0.1) is 11.8 Å². The molecule has 1 fully saturated rings. The van der Waals surface area contributed by atoms with Gasteiger partial charge in [0, 0.05) is 51.0 Å². The molecule has 0 bridgehead atoms. The molecule has 34 heavy (non-hydrogen) atoms. The van der Waals surface area contributed by atoms with Gasteiger partial charge in [0.15, 0.2) is 6.29 Å². The Labute approximate surface area is 201 Å². The summed E-state index contributed by atoms with van der Waals surface area (Å²) in [5.74, 6) is -0.0233. The lowest BCUT2D eigenvalue weighted by molar-refractivity contribution is -0.121. The molecule has 2 aromatic carbocycles. The van der Waals surface area contributed by atoms with Gasteiger partial charge >= 0.3 is 0 Å². The van der Waals surface area contributed by atoms with Crippen molar-refractivity contribution in [2.45, 2.75) is 38.3 Å². The minimum absolute atomic E-state index is 0.148. The van der Waals surface area contributed by atoms with Crippen molar-refractivity contribution in [3.8, 4) is 5.75 Å². The molecule has 0 aliphatic carbocycles. The zero-order valence-corrected chi connectivity index (χ0v) is 19.8. The lowest BCUT2D eigenvalue weighted by atomic mass is 10.0. The fourth-order valence-electron chi connectivity index (χ4n) is 4.30. The zero-order chi connectivity index (χ0) is 24.1. The van der Waals surface area contributed by atoms with Crippen LogP contribution in [0.3, 0.4) is 0 Å². The number of nitrogens with one attached hydrogen (secondary N) is 2. The summed E-state index contributed by atoms with van der Waals surface area (Å²) in [7, 11) is 2.01. The molecule has 180 valence electrons. The Morgan fingerprint density at radius 1 is 1.24 bits per heavy atom. The van der Waals surface area contributed by atoms with Crippen LogP contribution >= 0.6 is 0 Å². The Balaban J connectivity index is 1.40. The van der Waals surface area contributed by atoms with Crippen LogP contribution in [0.2, 0.25) is 0 Å². The fraction of sp³-hybridized carbons (Fsp3) is 0.385. The maximum absolute atomic E-state index is 11.6. The van der Waals surface area contributed by atoms with Gasteiger partial charge in [-0.25, -0.2) is 4.99 Å². The van der Waals surface area contributed by atoms with Crippen LogP contribution in [0.25, 0.3) is 0 Å². The summed E-state index contributed by atoms with van der Waals surface area (Å²) < 4.78 is 0. The van der Waals surface area contributed by atoms with E-state index in [2.05, 4.69) is 51.6 Å². The normalized spacial score (nSPS) is 23.1. The number of phenols is 1. The molecule has 0 spiro atoms. The second-order valence-corrected chi connectivity index (χ2v) is 9.08. The van der Waals surface area contributed by atoms with Crippen molar-refractivity contribution >= 4 is 11.6 Å². The number of primary amides is 1. The highest BCUT2D eigenvalue weighted by Gasteiger charge is 2.28. The van der Waals surface area contributed by atoms with Crippen LogP contribution in [0.5, 0.6) is 5.75 Å². The summed E-state index contributed by atoms with van der Waals surface area (Å²) in [5.41, 5.74) is 9.87. The molecule has 1 unspecified atom stereocenters. The van der Waals surface area contributed by atoms with E-state index in [1.54, 1.807) is 12.1 Å². The van der Waals surface area contributed by atoms with Crippen molar-refractivity contribution in [1.29, 1.82) is 0 Å². The van der Waals surface area contributed by atoms with Gasteiger partial charge in [-0.1, -0.05) is 30.3 Å². The predicted molar refractivity (Wildman–Crippen MR) is 134 cm³/mol. The molecule has 0 radical (unpaired) electrons. The number of carbonyl (C=O) groups is 1. The molecule has 2 aliphatic rings. The first-order chi connectivity index (χ1) is 16.4. The van der Waals surface area contributed by atoms with E-state index in [4.69, 9.17) is 10.7 Å². The van der Waals surface area contributed by atoms with E-state index in [1.165, 1.54) is 5.56 Å². The summed E-state index contributed by atoms with van der Waals surface area (Å²) >= 11 is 0. The second kappa shape index (κ2) is 10.8. The Bertz CT molecular complexity index is 1050. The van der Waals surface area contributed by atoms with Crippen molar-refractivity contribution in [3.63, 3.8) is 0 Å². The van der Waals surface area contributed by atoms with E-state index in [0.29, 0.717) is 12.6 Å². The van der Waals surface area contributed by atoms with Crippen molar-refractivity contribution in [3.05, 3.63) is 77.5 Å². The highest BCUT2D eigenvalue weighted by atomic mass is 16.3. The van der Waals surface area contributed by atoms with Gasteiger partial charge in [-0.15, -0.1) is 0 Å². The molecule has 5 N–H and O–H groups in total. The summed E-state index contributed by atoms with van der Waals surface area (Å²) in [6, 6.07) is 15.7. The molecule has 0 saturated carbocycles. The number of nitrogens with two attached hydrogens (primary N) is 1. The number of aromatic hydroxyl groups is 1. The SMILES string of the molecule is C[C@H]1CN[C@@H](C(N)=O)CN1Cc1cccc(C2=NC(NCCc3ccc(O)cc3)N(C)C=C2)c1. The van der Waals surface area contributed by atoms with Crippen LogP contribution in [-0.2, 0) is 17.8 Å². The molecular formula is C26H34N6O2. The van der Waals surface area contributed by atoms with Gasteiger partial charge in [0.1, 0.15) is 5.75 Å². The van der Waals surface area contributed by atoms with Gasteiger partial charge in [-0.3, -0.25) is 15.0 Å². The molecule has 0 aromatic heterocycles. The van der Waals surface area contributed by atoms with Crippen LogP contribution in [0.1, 0.15) is 23.6 Å². The number of rotatable bonds is 8. The Hall–Kier alpha value is -3.20. The van der Waals surface area contributed by atoms with Crippen molar-refractivity contribution in [2.24, 2.45) is 10.7 Å². The number of aliphatic imine (C=N–C) groups is 1. The third-order valence-electron chi connectivity index (χ3n) is 6.44. The minimum Gasteiger partial charge on any atom is -0.508 e. The standard InChI is InChI=1S/C26H34N6O2/c1-18-15-29-24(25(27)34)17-32(18)16-20-4-3-5-21(14-20)23-11-13-31(2)26(30-23)28-12-10-19-6-8-22(33)9-7-19/h3-9,11,13-14,18,24,26,28-29,33H,10,12,15-17H2,1-2H3,(H2,27,34)/t18-,24+,26?/m0/s1. The summed E-state index contributed by atoms with van der Waals surface area (Å²) in [6.45, 7) is 5.04. The topological polar surface area (TPSA) is 106 Å². The van der Waals surface area contributed by atoms with E-state index in [-0.39, 0.29) is 24.0 Å². The van der Waals surface area contributed by atoms with Crippen LogP contribution < -0.4 is 16.4 Å². The summed E-state index contributed by atoms with van der Waals surface area (Å²) in [6.07, 6.45) is 4.78. The number of piperazine rings is 1. The molecule has 8 nitrogen and oxygen atoms in total. The number of allylic oxidation sites excluding steroid dienone is 1. The highest BCUT2D eigenvalue weighted by molar-refractivity contribution is 6.09. The molecule has 3 atom stereocenters. The first-order valence-electron chi connectivity index (χ1n) is 11.7. The number of amides is 1. The summed E-state index contributed by atoms with van der Waals surface area (Å²) in [5, 5.41) is 16.2. The third-order valence-corrected chi connectivity index (χ3v) is 6.44. The van der Waals surface area contributed by atoms with Gasteiger partial charge in [0.25, 0.3) is 0 Å². The zero-order valence-electron chi connectivity index (χ0n) is 19.8. The largest absolute Gasteiger partial charge is 0.508 e. The number of hydrogen-bond donors (Lipinski definition) is 4. The second-order valence-electron chi connectivity index (χ2n) is 9.08. The van der Waals surface area contributed by atoms with E-state index in [9.17, 15) is 9.90 Å². The quantitative estimate of drug-likeness (QED) is 0.473. The van der Waals surface area contributed by atoms with Gasteiger partial charge in [-0.2, -0.15) is 0 Å². The molecule has 2 heterocycles. The first kappa shape index (κ1) is 23.9. The number of benzene rings is 2. The third kappa shape index (κ3) is 6.02. The first-order valence-corrected chi connectivity index (χ1v) is 11.7. The molecule has 1 saturated heterocycles. The number of phenolic OH excluding ortho intramolecular Hbond substituents is 1. The average Bonchev–Trinajstić information content (AvgIpc) is 2.83. The van der Waals surface area contributed by atoms with Gasteiger partial charge in [-0.05, 0) is 48.7 Å². The van der Waals surface area contributed by atoms with Crippen molar-refractivity contribution < 1.29 is 9.90 Å². The smallest absolute Gasteiger partial charge is 0.235 e. The van der Waals surface area contributed by atoms with Gasteiger partial charge < -0.3 is 21.1 Å². The number of nitrogens with zero attached hydrogens (tertiary/aromatic N) is 3. The minimum atomic E-state index is -0.311.